The lowest BCUT2D eigenvalue weighted by molar-refractivity contribution is -0.117. The van der Waals surface area contributed by atoms with Crippen molar-refractivity contribution in [2.45, 2.75) is 44.8 Å². The van der Waals surface area contributed by atoms with Gasteiger partial charge in [0.2, 0.25) is 11.8 Å². The van der Waals surface area contributed by atoms with E-state index in [0.29, 0.717) is 30.4 Å². The van der Waals surface area contributed by atoms with Crippen LogP contribution in [0.5, 0.6) is 11.6 Å². The standard InChI is InChI=1S/C28H27N7O3/c1-28(2)21-12-24(32-17-11-22-27(30-13-17)37-9-8-18-5-7-25(36)35(18)22)29-14-20(21)19-6-4-16(10-23(19)38-28)26-33-31-15-34(26)3/h4,6,10-15,18H,5,7-9H2,1-3H3,(H,29,32)/t18-/m0/s1. The van der Waals surface area contributed by atoms with Crippen molar-refractivity contribution in [2.75, 3.05) is 16.8 Å². The number of carbonyl (C=O) groups excluding carboxylic acids is 1. The van der Waals surface area contributed by atoms with Crippen LogP contribution in [0.15, 0.2) is 49.1 Å². The third-order valence-corrected chi connectivity index (χ3v) is 7.54. The SMILES string of the molecule is Cn1cnnc1-c1ccc2c(c1)OC(C)(C)c1cc(Nc3cnc4c(c3)N3C(=O)CC[C@H]3CCO4)ncc1-2. The zero-order chi connectivity index (χ0) is 26.0. The van der Waals surface area contributed by atoms with E-state index in [1.807, 2.05) is 66.9 Å². The van der Waals surface area contributed by atoms with Gasteiger partial charge in [-0.3, -0.25) is 4.79 Å². The Morgan fingerprint density at radius 2 is 1.97 bits per heavy atom. The van der Waals surface area contributed by atoms with E-state index >= 15 is 0 Å². The number of nitrogens with zero attached hydrogens (tertiary/aromatic N) is 6. The molecule has 1 fully saturated rings. The van der Waals surface area contributed by atoms with Gasteiger partial charge in [0.1, 0.15) is 29.2 Å². The van der Waals surface area contributed by atoms with Crippen molar-refractivity contribution in [3.63, 3.8) is 0 Å². The van der Waals surface area contributed by atoms with Gasteiger partial charge in [0.05, 0.1) is 18.5 Å². The normalized spacial score (nSPS) is 18.9. The molecule has 38 heavy (non-hydrogen) atoms. The minimum Gasteiger partial charge on any atom is -0.482 e. The zero-order valence-corrected chi connectivity index (χ0v) is 21.4. The summed E-state index contributed by atoms with van der Waals surface area (Å²) in [4.78, 5) is 23.7. The number of fused-ring (bicyclic) bond motifs is 6. The van der Waals surface area contributed by atoms with E-state index in [2.05, 4.69) is 20.5 Å². The van der Waals surface area contributed by atoms with Crippen LogP contribution in [0, 0.1) is 0 Å². The van der Waals surface area contributed by atoms with Crippen molar-refractivity contribution in [1.29, 1.82) is 0 Å². The summed E-state index contributed by atoms with van der Waals surface area (Å²) in [6.45, 7) is 4.66. The quantitative estimate of drug-likeness (QED) is 0.427. The molecule has 0 saturated carbocycles. The Labute approximate surface area is 219 Å². The van der Waals surface area contributed by atoms with Crippen molar-refractivity contribution in [3.8, 4) is 34.1 Å². The molecule has 0 radical (unpaired) electrons. The van der Waals surface area contributed by atoms with E-state index < -0.39 is 5.60 Å². The number of hydrogen-bond donors (Lipinski definition) is 1. The average Bonchev–Trinajstić information content (AvgIpc) is 3.43. The van der Waals surface area contributed by atoms with Crippen molar-refractivity contribution in [2.24, 2.45) is 7.05 Å². The first kappa shape index (κ1) is 22.7. The second-order valence-corrected chi connectivity index (χ2v) is 10.5. The van der Waals surface area contributed by atoms with Crippen LogP contribution in [0.4, 0.5) is 17.2 Å². The van der Waals surface area contributed by atoms with Gasteiger partial charge in [-0.1, -0.05) is 6.07 Å². The first-order valence-electron chi connectivity index (χ1n) is 12.8. The van der Waals surface area contributed by atoms with Crippen molar-refractivity contribution in [3.05, 3.63) is 54.6 Å². The molecule has 1 atom stereocenters. The number of benzene rings is 1. The fraction of sp³-hybridized carbons (Fsp3) is 0.321. The van der Waals surface area contributed by atoms with Crippen molar-refractivity contribution < 1.29 is 14.3 Å². The summed E-state index contributed by atoms with van der Waals surface area (Å²) in [5.74, 6) is 2.84. The highest BCUT2D eigenvalue weighted by Crippen LogP contribution is 2.47. The maximum absolute atomic E-state index is 12.6. The number of amides is 1. The number of carbonyl (C=O) groups is 1. The van der Waals surface area contributed by atoms with E-state index in [4.69, 9.17) is 14.5 Å². The van der Waals surface area contributed by atoms with Gasteiger partial charge < -0.3 is 24.3 Å². The Morgan fingerprint density at radius 3 is 2.82 bits per heavy atom. The summed E-state index contributed by atoms with van der Waals surface area (Å²) < 4.78 is 14.2. The minimum absolute atomic E-state index is 0.118. The van der Waals surface area contributed by atoms with Gasteiger partial charge in [-0.25, -0.2) is 9.97 Å². The highest BCUT2D eigenvalue weighted by atomic mass is 16.5. The van der Waals surface area contributed by atoms with Gasteiger partial charge in [-0.2, -0.15) is 0 Å². The molecule has 3 aliphatic rings. The Kier molecular flexibility index (Phi) is 4.94. The number of nitrogens with one attached hydrogen (secondary N) is 1. The summed E-state index contributed by atoms with van der Waals surface area (Å²) in [5, 5.41) is 11.6. The molecule has 6 heterocycles. The predicted octanol–water partition coefficient (Wildman–Crippen LogP) is 4.59. The molecule has 3 aliphatic heterocycles. The van der Waals surface area contributed by atoms with Crippen LogP contribution < -0.4 is 19.7 Å². The number of rotatable bonds is 3. The van der Waals surface area contributed by atoms with E-state index in [9.17, 15) is 4.79 Å². The van der Waals surface area contributed by atoms with E-state index in [1.54, 1.807) is 12.5 Å². The maximum Gasteiger partial charge on any atom is 0.238 e. The van der Waals surface area contributed by atoms with Crippen LogP contribution in [0.25, 0.3) is 22.5 Å². The predicted molar refractivity (Wildman–Crippen MR) is 141 cm³/mol. The number of pyridine rings is 2. The molecule has 3 aromatic heterocycles. The first-order valence-corrected chi connectivity index (χ1v) is 12.8. The van der Waals surface area contributed by atoms with Gasteiger partial charge >= 0.3 is 0 Å². The van der Waals surface area contributed by atoms with Crippen LogP contribution in [0.2, 0.25) is 0 Å². The number of hydrogen-bond acceptors (Lipinski definition) is 8. The summed E-state index contributed by atoms with van der Waals surface area (Å²) in [7, 11) is 1.92. The molecule has 10 heteroatoms. The molecule has 1 aromatic carbocycles. The average molecular weight is 510 g/mol. The molecule has 0 spiro atoms. The number of aromatic nitrogens is 5. The lowest BCUT2D eigenvalue weighted by Crippen LogP contribution is -2.32. The van der Waals surface area contributed by atoms with Gasteiger partial charge in [0.25, 0.3) is 0 Å². The number of ether oxygens (including phenoxy) is 2. The van der Waals surface area contributed by atoms with Crippen LogP contribution in [-0.4, -0.2) is 43.3 Å². The molecule has 4 aromatic rings. The summed E-state index contributed by atoms with van der Waals surface area (Å²) in [6, 6.07) is 10.2. The van der Waals surface area contributed by atoms with Crippen LogP contribution >= 0.6 is 0 Å². The molecular formula is C28H27N7O3. The molecule has 10 nitrogen and oxygen atoms in total. The van der Waals surface area contributed by atoms with Crippen molar-refractivity contribution in [1.82, 2.24) is 24.7 Å². The van der Waals surface area contributed by atoms with Crippen LogP contribution in [0.3, 0.4) is 0 Å². The number of anilines is 3. The van der Waals surface area contributed by atoms with Gasteiger partial charge in [0.15, 0.2) is 5.82 Å². The molecule has 0 unspecified atom stereocenters. The third-order valence-electron chi connectivity index (χ3n) is 7.54. The Hall–Kier alpha value is -4.47. The monoisotopic (exact) mass is 509 g/mol. The molecule has 1 amide bonds. The fourth-order valence-corrected chi connectivity index (χ4v) is 5.66. The minimum atomic E-state index is -0.588. The maximum atomic E-state index is 12.6. The third kappa shape index (κ3) is 3.59. The van der Waals surface area contributed by atoms with E-state index in [0.717, 1.165) is 52.4 Å². The van der Waals surface area contributed by atoms with Gasteiger partial charge in [-0.15, -0.1) is 10.2 Å². The molecular weight excluding hydrogens is 482 g/mol. The molecule has 1 N–H and O–H groups in total. The lowest BCUT2D eigenvalue weighted by Gasteiger charge is -2.35. The van der Waals surface area contributed by atoms with Crippen molar-refractivity contribution >= 4 is 23.1 Å². The molecule has 192 valence electrons. The summed E-state index contributed by atoms with van der Waals surface area (Å²) in [6.07, 6.45) is 7.50. The second kappa shape index (κ2) is 8.27. The fourth-order valence-electron chi connectivity index (χ4n) is 5.66. The van der Waals surface area contributed by atoms with E-state index in [-0.39, 0.29) is 11.9 Å². The van der Waals surface area contributed by atoms with Crippen LogP contribution in [-0.2, 0) is 17.4 Å². The largest absolute Gasteiger partial charge is 0.482 e. The molecule has 0 bridgehead atoms. The van der Waals surface area contributed by atoms with E-state index in [1.165, 1.54) is 0 Å². The first-order chi connectivity index (χ1) is 18.4. The topological polar surface area (TPSA) is 107 Å². The molecule has 7 rings (SSSR count). The smallest absolute Gasteiger partial charge is 0.238 e. The highest BCUT2D eigenvalue weighted by Gasteiger charge is 2.37. The molecule has 0 aliphatic carbocycles. The van der Waals surface area contributed by atoms with Gasteiger partial charge in [0, 0.05) is 54.4 Å². The number of aryl methyl sites for hydroxylation is 1. The lowest BCUT2D eigenvalue weighted by atomic mass is 9.87. The summed E-state index contributed by atoms with van der Waals surface area (Å²) >= 11 is 0. The molecule has 1 saturated heterocycles. The highest BCUT2D eigenvalue weighted by molar-refractivity contribution is 5.98. The Balaban J connectivity index is 1.22. The Bertz CT molecular complexity index is 1600. The Morgan fingerprint density at radius 1 is 1.08 bits per heavy atom. The second-order valence-electron chi connectivity index (χ2n) is 10.5. The summed E-state index contributed by atoms with van der Waals surface area (Å²) in [5.41, 5.74) is 4.83. The zero-order valence-electron chi connectivity index (χ0n) is 21.4. The van der Waals surface area contributed by atoms with Gasteiger partial charge in [-0.05, 0) is 44.5 Å². The van der Waals surface area contributed by atoms with Crippen LogP contribution in [0.1, 0.15) is 38.7 Å².